The molecule has 0 aliphatic carbocycles. The van der Waals surface area contributed by atoms with E-state index in [1.807, 2.05) is 61.5 Å². The van der Waals surface area contributed by atoms with Crippen LogP contribution in [0.3, 0.4) is 0 Å². The van der Waals surface area contributed by atoms with Gasteiger partial charge in [0, 0.05) is 29.6 Å². The quantitative estimate of drug-likeness (QED) is 0.462. The highest BCUT2D eigenvalue weighted by Gasteiger charge is 2.30. The number of halogens is 2. The van der Waals surface area contributed by atoms with Gasteiger partial charge >= 0.3 is 0 Å². The van der Waals surface area contributed by atoms with E-state index in [0.29, 0.717) is 29.6 Å². The summed E-state index contributed by atoms with van der Waals surface area (Å²) in [5.74, 6) is -0.302. The molecular formula is C26H26Cl2N2O2. The zero-order valence-electron chi connectivity index (χ0n) is 17.9. The second kappa shape index (κ2) is 11.7. The SMILES string of the molecule is CCNC(=O)[C@@H](Cc1ccccc1)N(Cc1ccc(Cl)cc1)C(=O)Cc1ccc(Cl)cc1. The molecule has 0 bridgehead atoms. The fourth-order valence-electron chi connectivity index (χ4n) is 3.51. The van der Waals surface area contributed by atoms with Gasteiger partial charge in [-0.25, -0.2) is 0 Å². The van der Waals surface area contributed by atoms with Crippen molar-refractivity contribution in [1.82, 2.24) is 10.2 Å². The van der Waals surface area contributed by atoms with Crippen LogP contribution in [0, 0.1) is 0 Å². The van der Waals surface area contributed by atoms with Crippen molar-refractivity contribution in [3.63, 3.8) is 0 Å². The summed E-state index contributed by atoms with van der Waals surface area (Å²) in [4.78, 5) is 28.3. The van der Waals surface area contributed by atoms with Gasteiger partial charge in [-0.3, -0.25) is 9.59 Å². The summed E-state index contributed by atoms with van der Waals surface area (Å²) in [6.07, 6.45) is 0.599. The van der Waals surface area contributed by atoms with Crippen molar-refractivity contribution in [3.05, 3.63) is 106 Å². The number of hydrogen-bond acceptors (Lipinski definition) is 2. The molecule has 0 aliphatic heterocycles. The number of likely N-dealkylation sites (N-methyl/N-ethyl adjacent to an activating group) is 1. The number of amides is 2. The molecule has 0 unspecified atom stereocenters. The number of carbonyl (C=O) groups excluding carboxylic acids is 2. The summed E-state index contributed by atoms with van der Waals surface area (Å²) in [6.45, 7) is 2.67. The first kappa shape index (κ1) is 23.8. The maximum absolute atomic E-state index is 13.5. The molecule has 3 rings (SSSR count). The van der Waals surface area contributed by atoms with Crippen LogP contribution in [0.4, 0.5) is 0 Å². The first-order valence-corrected chi connectivity index (χ1v) is 11.3. The van der Waals surface area contributed by atoms with Crippen LogP contribution < -0.4 is 5.32 Å². The Kier molecular flexibility index (Phi) is 8.72. The van der Waals surface area contributed by atoms with Gasteiger partial charge in [-0.2, -0.15) is 0 Å². The third kappa shape index (κ3) is 6.84. The van der Waals surface area contributed by atoms with Crippen molar-refractivity contribution >= 4 is 35.0 Å². The molecule has 3 aromatic rings. The lowest BCUT2D eigenvalue weighted by Crippen LogP contribution is -2.50. The van der Waals surface area contributed by atoms with Gasteiger partial charge in [0.25, 0.3) is 0 Å². The van der Waals surface area contributed by atoms with E-state index >= 15 is 0 Å². The molecule has 0 fully saturated rings. The molecule has 0 aromatic heterocycles. The average molecular weight is 469 g/mol. The molecule has 4 nitrogen and oxygen atoms in total. The Balaban J connectivity index is 1.93. The molecule has 3 aromatic carbocycles. The van der Waals surface area contributed by atoms with E-state index in [-0.39, 0.29) is 18.2 Å². The van der Waals surface area contributed by atoms with E-state index in [1.165, 1.54) is 0 Å². The van der Waals surface area contributed by atoms with Crippen molar-refractivity contribution in [2.45, 2.75) is 32.4 Å². The van der Waals surface area contributed by atoms with Gasteiger partial charge in [0.2, 0.25) is 11.8 Å². The lowest BCUT2D eigenvalue weighted by atomic mass is 10.0. The topological polar surface area (TPSA) is 49.4 Å². The fraction of sp³-hybridized carbons (Fsp3) is 0.231. The van der Waals surface area contributed by atoms with Crippen LogP contribution in [0.1, 0.15) is 23.6 Å². The van der Waals surface area contributed by atoms with Crippen LogP contribution >= 0.6 is 23.2 Å². The number of nitrogens with one attached hydrogen (secondary N) is 1. The zero-order valence-corrected chi connectivity index (χ0v) is 19.4. The van der Waals surface area contributed by atoms with Gasteiger partial charge in [0.05, 0.1) is 6.42 Å². The van der Waals surface area contributed by atoms with Gasteiger partial charge in [-0.05, 0) is 47.9 Å². The Morgan fingerprint density at radius 2 is 1.38 bits per heavy atom. The number of hydrogen-bond donors (Lipinski definition) is 1. The van der Waals surface area contributed by atoms with Gasteiger partial charge in [0.15, 0.2) is 0 Å². The van der Waals surface area contributed by atoms with E-state index in [2.05, 4.69) is 5.32 Å². The summed E-state index contributed by atoms with van der Waals surface area (Å²) in [6, 6.07) is 23.6. The number of benzene rings is 3. The first-order valence-electron chi connectivity index (χ1n) is 10.6. The third-order valence-electron chi connectivity index (χ3n) is 5.16. The van der Waals surface area contributed by atoms with Crippen molar-refractivity contribution in [2.24, 2.45) is 0 Å². The summed E-state index contributed by atoms with van der Waals surface area (Å²) in [5.41, 5.74) is 2.74. The van der Waals surface area contributed by atoms with Crippen LogP contribution in [0.25, 0.3) is 0 Å². The monoisotopic (exact) mass is 468 g/mol. The Morgan fingerprint density at radius 3 is 1.94 bits per heavy atom. The lowest BCUT2D eigenvalue weighted by molar-refractivity contribution is -0.140. The van der Waals surface area contributed by atoms with Crippen molar-refractivity contribution < 1.29 is 9.59 Å². The van der Waals surface area contributed by atoms with Crippen LogP contribution in [-0.4, -0.2) is 29.3 Å². The molecule has 0 aliphatic rings. The molecule has 1 atom stereocenters. The molecule has 1 N–H and O–H groups in total. The molecule has 0 heterocycles. The van der Waals surface area contributed by atoms with Crippen LogP contribution in [0.5, 0.6) is 0 Å². The molecule has 0 saturated heterocycles. The Bertz CT molecular complexity index is 1020. The number of rotatable bonds is 9. The Morgan fingerprint density at radius 1 is 0.812 bits per heavy atom. The molecule has 0 spiro atoms. The second-order valence-corrected chi connectivity index (χ2v) is 8.42. The highest BCUT2D eigenvalue weighted by Crippen LogP contribution is 2.19. The largest absolute Gasteiger partial charge is 0.355 e. The van der Waals surface area contributed by atoms with Gasteiger partial charge in [0.1, 0.15) is 6.04 Å². The standard InChI is InChI=1S/C26H26Cl2N2O2/c1-2-29-26(32)24(16-19-6-4-3-5-7-19)30(18-21-10-14-23(28)15-11-21)25(31)17-20-8-12-22(27)13-9-20/h3-15,24H,2,16-18H2,1H3,(H,29,32)/t24-/m1/s1. The van der Waals surface area contributed by atoms with E-state index in [4.69, 9.17) is 23.2 Å². The molecule has 32 heavy (non-hydrogen) atoms. The lowest BCUT2D eigenvalue weighted by Gasteiger charge is -2.31. The Hall–Kier alpha value is -2.82. The van der Waals surface area contributed by atoms with Crippen LogP contribution in [0.2, 0.25) is 10.0 Å². The number of nitrogens with zero attached hydrogens (tertiary/aromatic N) is 1. The van der Waals surface area contributed by atoms with Crippen molar-refractivity contribution in [1.29, 1.82) is 0 Å². The van der Waals surface area contributed by atoms with E-state index in [1.54, 1.807) is 29.2 Å². The van der Waals surface area contributed by atoms with E-state index in [0.717, 1.165) is 16.7 Å². The van der Waals surface area contributed by atoms with Crippen molar-refractivity contribution in [3.8, 4) is 0 Å². The molecule has 2 amide bonds. The predicted octanol–water partition coefficient (Wildman–Crippen LogP) is 5.31. The third-order valence-corrected chi connectivity index (χ3v) is 5.66. The maximum Gasteiger partial charge on any atom is 0.243 e. The highest BCUT2D eigenvalue weighted by atomic mass is 35.5. The summed E-state index contributed by atoms with van der Waals surface area (Å²) >= 11 is 12.0. The van der Waals surface area contributed by atoms with Gasteiger partial charge in [-0.15, -0.1) is 0 Å². The van der Waals surface area contributed by atoms with Crippen molar-refractivity contribution in [2.75, 3.05) is 6.54 Å². The summed E-state index contributed by atoms with van der Waals surface area (Å²) in [5, 5.41) is 4.13. The normalized spacial score (nSPS) is 11.6. The van der Waals surface area contributed by atoms with Crippen LogP contribution in [-0.2, 0) is 29.0 Å². The molecule has 0 radical (unpaired) electrons. The molecule has 166 valence electrons. The molecule has 0 saturated carbocycles. The smallest absolute Gasteiger partial charge is 0.243 e. The van der Waals surface area contributed by atoms with E-state index < -0.39 is 6.04 Å². The summed E-state index contributed by atoms with van der Waals surface area (Å²) in [7, 11) is 0. The van der Waals surface area contributed by atoms with E-state index in [9.17, 15) is 9.59 Å². The minimum atomic E-state index is -0.646. The first-order chi connectivity index (χ1) is 15.5. The Labute approximate surface area is 199 Å². The zero-order chi connectivity index (χ0) is 22.9. The average Bonchev–Trinajstić information content (AvgIpc) is 2.79. The second-order valence-electron chi connectivity index (χ2n) is 7.55. The maximum atomic E-state index is 13.5. The highest BCUT2D eigenvalue weighted by molar-refractivity contribution is 6.30. The van der Waals surface area contributed by atoms with Gasteiger partial charge < -0.3 is 10.2 Å². The molecular weight excluding hydrogens is 443 g/mol. The predicted molar refractivity (Wildman–Crippen MR) is 130 cm³/mol. The molecule has 6 heteroatoms. The minimum Gasteiger partial charge on any atom is -0.355 e. The minimum absolute atomic E-state index is 0.130. The number of carbonyl (C=O) groups is 2. The van der Waals surface area contributed by atoms with Gasteiger partial charge in [-0.1, -0.05) is 77.8 Å². The van der Waals surface area contributed by atoms with Crippen LogP contribution in [0.15, 0.2) is 78.9 Å². The summed E-state index contributed by atoms with van der Waals surface area (Å²) < 4.78 is 0. The fourth-order valence-corrected chi connectivity index (χ4v) is 3.76.